The third-order valence-corrected chi connectivity index (χ3v) is 5.71. The largest absolute Gasteiger partial charge is 0.280 e. The van der Waals surface area contributed by atoms with Crippen molar-refractivity contribution in [2.24, 2.45) is 5.92 Å². The van der Waals surface area contributed by atoms with E-state index in [1.54, 1.807) is 0 Å². The Hall–Kier alpha value is -0.990. The number of benzene rings is 1. The maximum atomic E-state index is 13.7. The van der Waals surface area contributed by atoms with Gasteiger partial charge in [-0.3, -0.25) is 0 Å². The monoisotopic (exact) mass is 354 g/mol. The molecule has 0 radical (unpaired) electrons. The molecular formula is C22H33F3. The van der Waals surface area contributed by atoms with Crippen molar-refractivity contribution in [1.82, 2.24) is 0 Å². The summed E-state index contributed by atoms with van der Waals surface area (Å²) in [5.74, 6) is -1.96. The molecule has 1 unspecified atom stereocenters. The molecule has 25 heavy (non-hydrogen) atoms. The van der Waals surface area contributed by atoms with Crippen LogP contribution in [-0.2, 0) is 0 Å². The summed E-state index contributed by atoms with van der Waals surface area (Å²) in [6.45, 7) is 2.88. The van der Waals surface area contributed by atoms with Crippen LogP contribution in [0.1, 0.15) is 101 Å². The van der Waals surface area contributed by atoms with Crippen molar-refractivity contribution >= 4 is 0 Å². The molecule has 0 heterocycles. The van der Waals surface area contributed by atoms with Gasteiger partial charge in [-0.15, -0.1) is 0 Å². The summed E-state index contributed by atoms with van der Waals surface area (Å²) in [7, 11) is 0. The van der Waals surface area contributed by atoms with Gasteiger partial charge in [-0.25, -0.2) is 13.2 Å². The zero-order valence-corrected chi connectivity index (χ0v) is 15.7. The number of rotatable bonds is 9. The Morgan fingerprint density at radius 1 is 0.960 bits per heavy atom. The number of alkyl halides is 3. The molecule has 142 valence electrons. The maximum absolute atomic E-state index is 13.7. The molecule has 2 rings (SSSR count). The van der Waals surface area contributed by atoms with Gasteiger partial charge in [0.2, 0.25) is 0 Å². The molecule has 0 amide bonds. The van der Waals surface area contributed by atoms with Crippen LogP contribution in [0.3, 0.4) is 0 Å². The molecule has 1 aliphatic carbocycles. The molecule has 0 aliphatic heterocycles. The summed E-state index contributed by atoms with van der Waals surface area (Å²) in [5, 5.41) is 0. The predicted octanol–water partition coefficient (Wildman–Crippen LogP) is 7.99. The van der Waals surface area contributed by atoms with E-state index in [0.717, 1.165) is 5.92 Å². The minimum atomic E-state index is -3.32. The quantitative estimate of drug-likeness (QED) is 0.394. The Morgan fingerprint density at radius 2 is 1.56 bits per heavy atom. The van der Waals surface area contributed by atoms with Crippen LogP contribution >= 0.6 is 0 Å². The molecular weight excluding hydrogens is 321 g/mol. The Labute approximate surface area is 151 Å². The fourth-order valence-corrected chi connectivity index (χ4v) is 4.05. The highest BCUT2D eigenvalue weighted by Gasteiger charge is 2.35. The Balaban J connectivity index is 1.77. The van der Waals surface area contributed by atoms with Crippen LogP contribution in [-0.4, -0.2) is 5.92 Å². The van der Waals surface area contributed by atoms with Gasteiger partial charge in [0.15, 0.2) is 6.17 Å². The first-order valence-corrected chi connectivity index (χ1v) is 10.0. The van der Waals surface area contributed by atoms with Crippen molar-refractivity contribution in [3.05, 3.63) is 35.4 Å². The third kappa shape index (κ3) is 6.34. The third-order valence-electron chi connectivity index (χ3n) is 5.71. The van der Waals surface area contributed by atoms with Crippen LogP contribution < -0.4 is 0 Å². The topological polar surface area (TPSA) is 0 Å². The second-order valence-electron chi connectivity index (χ2n) is 7.91. The number of hydrogen-bond acceptors (Lipinski definition) is 0. The first kappa shape index (κ1) is 20.3. The minimum absolute atomic E-state index is 0.0806. The molecule has 0 bridgehead atoms. The van der Waals surface area contributed by atoms with E-state index in [9.17, 15) is 13.2 Å². The molecule has 1 aromatic carbocycles. The average Bonchev–Trinajstić information content (AvgIpc) is 2.61. The van der Waals surface area contributed by atoms with Gasteiger partial charge in [0.1, 0.15) is 0 Å². The van der Waals surface area contributed by atoms with E-state index >= 15 is 0 Å². The highest BCUT2D eigenvalue weighted by Crippen LogP contribution is 2.39. The molecule has 0 saturated heterocycles. The molecule has 0 N–H and O–H groups in total. The molecule has 3 heteroatoms. The van der Waals surface area contributed by atoms with E-state index in [1.165, 1.54) is 81.9 Å². The molecule has 0 spiro atoms. The van der Waals surface area contributed by atoms with Gasteiger partial charge in [0.05, 0.1) is 0 Å². The lowest BCUT2D eigenvalue weighted by Crippen LogP contribution is -2.18. The van der Waals surface area contributed by atoms with Gasteiger partial charge in [0, 0.05) is 6.92 Å². The van der Waals surface area contributed by atoms with Crippen LogP contribution in [0.5, 0.6) is 0 Å². The zero-order chi connectivity index (χ0) is 18.3. The van der Waals surface area contributed by atoms with Crippen molar-refractivity contribution < 1.29 is 13.2 Å². The summed E-state index contributed by atoms with van der Waals surface area (Å²) >= 11 is 0. The van der Waals surface area contributed by atoms with Gasteiger partial charge in [-0.1, -0.05) is 69.7 Å². The van der Waals surface area contributed by atoms with E-state index in [2.05, 4.69) is 6.92 Å². The van der Waals surface area contributed by atoms with Crippen molar-refractivity contribution in [3.63, 3.8) is 0 Å². The summed E-state index contributed by atoms with van der Waals surface area (Å²) in [6.07, 6.45) is 10.7. The Morgan fingerprint density at radius 3 is 2.12 bits per heavy atom. The molecule has 1 aliphatic rings. The second-order valence-corrected chi connectivity index (χ2v) is 7.91. The smallest absolute Gasteiger partial charge is 0.236 e. The Bertz CT molecular complexity index is 481. The lowest BCUT2D eigenvalue weighted by atomic mass is 9.77. The van der Waals surface area contributed by atoms with E-state index in [0.29, 0.717) is 12.8 Å². The number of unbranched alkanes of at least 4 members (excludes halogenated alkanes) is 4. The van der Waals surface area contributed by atoms with Crippen LogP contribution in [0.25, 0.3) is 0 Å². The van der Waals surface area contributed by atoms with Crippen LogP contribution in [0.2, 0.25) is 0 Å². The SMILES string of the molecule is CCCCCCC[C@H]1CC[C@H](c2ccc(C(F)C(C)(F)F)cc2)CC1. The van der Waals surface area contributed by atoms with Crippen LogP contribution in [0.15, 0.2) is 24.3 Å². The standard InChI is InChI=1S/C22H33F3/c1-3-4-5-6-7-8-17-9-11-18(12-10-17)19-13-15-20(16-14-19)21(23)22(2,24)25/h13-18,21H,3-12H2,1-2H3/t17-,18-,21?. The average molecular weight is 355 g/mol. The number of hydrogen-bond donors (Lipinski definition) is 0. The summed E-state index contributed by atoms with van der Waals surface area (Å²) in [4.78, 5) is 0. The van der Waals surface area contributed by atoms with Crippen molar-refractivity contribution in [2.75, 3.05) is 0 Å². The van der Waals surface area contributed by atoms with E-state index < -0.39 is 12.1 Å². The maximum Gasteiger partial charge on any atom is 0.280 e. The van der Waals surface area contributed by atoms with Crippen molar-refractivity contribution in [1.29, 1.82) is 0 Å². The number of halogens is 3. The van der Waals surface area contributed by atoms with E-state index in [1.807, 2.05) is 12.1 Å². The second kappa shape index (κ2) is 9.64. The normalized spacial score (nSPS) is 22.8. The molecule has 1 fully saturated rings. The van der Waals surface area contributed by atoms with Crippen molar-refractivity contribution in [2.45, 2.75) is 96.1 Å². The highest BCUT2D eigenvalue weighted by atomic mass is 19.3. The van der Waals surface area contributed by atoms with E-state index in [4.69, 9.17) is 0 Å². The highest BCUT2D eigenvalue weighted by molar-refractivity contribution is 5.28. The van der Waals surface area contributed by atoms with Crippen LogP contribution in [0, 0.1) is 5.92 Å². The predicted molar refractivity (Wildman–Crippen MR) is 99.0 cm³/mol. The summed E-state index contributed by atoms with van der Waals surface area (Å²) in [5.41, 5.74) is 1.26. The first-order valence-electron chi connectivity index (χ1n) is 10.0. The fraction of sp³-hybridized carbons (Fsp3) is 0.727. The van der Waals surface area contributed by atoms with E-state index in [-0.39, 0.29) is 5.56 Å². The van der Waals surface area contributed by atoms with Gasteiger partial charge < -0.3 is 0 Å². The molecule has 1 atom stereocenters. The van der Waals surface area contributed by atoms with Gasteiger partial charge in [0.25, 0.3) is 5.92 Å². The fourth-order valence-electron chi connectivity index (χ4n) is 4.05. The summed E-state index contributed by atoms with van der Waals surface area (Å²) in [6, 6.07) is 6.78. The molecule has 1 aromatic rings. The lowest BCUT2D eigenvalue weighted by Gasteiger charge is -2.29. The molecule has 0 nitrogen and oxygen atoms in total. The Kier molecular flexibility index (Phi) is 7.83. The molecule has 0 aromatic heterocycles. The lowest BCUT2D eigenvalue weighted by molar-refractivity contribution is -0.0566. The zero-order valence-electron chi connectivity index (χ0n) is 15.7. The van der Waals surface area contributed by atoms with Crippen molar-refractivity contribution in [3.8, 4) is 0 Å². The van der Waals surface area contributed by atoms with Crippen LogP contribution in [0.4, 0.5) is 13.2 Å². The minimum Gasteiger partial charge on any atom is -0.236 e. The van der Waals surface area contributed by atoms with Gasteiger partial charge in [-0.05, 0) is 48.6 Å². The first-order chi connectivity index (χ1) is 11.9. The van der Waals surface area contributed by atoms with Gasteiger partial charge in [-0.2, -0.15) is 0 Å². The summed E-state index contributed by atoms with van der Waals surface area (Å²) < 4.78 is 39.9. The molecule has 1 saturated carbocycles. The van der Waals surface area contributed by atoms with Gasteiger partial charge >= 0.3 is 0 Å².